The van der Waals surface area contributed by atoms with Crippen LogP contribution in [0.4, 0.5) is 0 Å². The zero-order valence-electron chi connectivity index (χ0n) is 16.4. The van der Waals surface area contributed by atoms with E-state index < -0.39 is 0 Å². The van der Waals surface area contributed by atoms with Gasteiger partial charge in [-0.15, -0.1) is 0 Å². The lowest BCUT2D eigenvalue weighted by molar-refractivity contribution is -0.0553. The van der Waals surface area contributed by atoms with E-state index in [0.717, 1.165) is 19.3 Å². The van der Waals surface area contributed by atoms with Gasteiger partial charge in [-0.3, -0.25) is 0 Å². The quantitative estimate of drug-likeness (QED) is 0.736. The van der Waals surface area contributed by atoms with Crippen molar-refractivity contribution in [3.8, 4) is 0 Å². The van der Waals surface area contributed by atoms with Crippen molar-refractivity contribution in [3.05, 3.63) is 0 Å². The molecule has 2 aliphatic carbocycles. The SMILES string of the molecule is CC(C)(C)CC(C)(C)C1CCC(O)C(N2NC3CCCCC3N2)C1. The largest absolute Gasteiger partial charge is 0.391 e. The molecule has 4 nitrogen and oxygen atoms in total. The fraction of sp³-hybridized carbons (Fsp3) is 1.00. The minimum atomic E-state index is -0.216. The highest BCUT2D eigenvalue weighted by atomic mass is 16.3. The third kappa shape index (κ3) is 4.14. The molecule has 3 fully saturated rings. The van der Waals surface area contributed by atoms with Crippen molar-refractivity contribution in [3.63, 3.8) is 0 Å². The molecule has 0 bridgehead atoms. The van der Waals surface area contributed by atoms with Gasteiger partial charge in [-0.05, 0) is 55.3 Å². The van der Waals surface area contributed by atoms with Gasteiger partial charge < -0.3 is 5.11 Å². The summed E-state index contributed by atoms with van der Waals surface area (Å²) in [6.45, 7) is 11.9. The summed E-state index contributed by atoms with van der Waals surface area (Å²) >= 11 is 0. The lowest BCUT2D eigenvalue weighted by atomic mass is 9.63. The number of aliphatic hydroxyl groups excluding tert-OH is 1. The summed E-state index contributed by atoms with van der Waals surface area (Å²) in [5, 5.41) is 12.9. The molecular formula is C20H39N3O. The Morgan fingerprint density at radius 3 is 2.04 bits per heavy atom. The molecule has 1 heterocycles. The second kappa shape index (κ2) is 6.86. The van der Waals surface area contributed by atoms with E-state index in [1.807, 2.05) is 0 Å². The highest BCUT2D eigenvalue weighted by molar-refractivity contribution is 4.96. The summed E-state index contributed by atoms with van der Waals surface area (Å²) < 4.78 is 0. The molecule has 0 aromatic heterocycles. The Bertz CT molecular complexity index is 417. The van der Waals surface area contributed by atoms with Gasteiger partial charge in [0, 0.05) is 12.1 Å². The lowest BCUT2D eigenvalue weighted by Gasteiger charge is -2.46. The maximum absolute atomic E-state index is 10.7. The molecule has 0 radical (unpaired) electrons. The second-order valence-corrected chi connectivity index (χ2v) is 10.5. The van der Waals surface area contributed by atoms with Crippen LogP contribution < -0.4 is 10.9 Å². The standard InChI is InChI=1S/C20H39N3O/c1-19(2,3)13-20(4,5)14-10-11-18(24)17(12-14)23-21-15-8-6-7-9-16(15)22-23/h14-18,21-22,24H,6-13H2,1-5H3. The Hall–Kier alpha value is -0.160. The maximum atomic E-state index is 10.7. The Kier molecular flexibility index (Phi) is 5.33. The monoisotopic (exact) mass is 337 g/mol. The molecule has 0 aromatic rings. The summed E-state index contributed by atoms with van der Waals surface area (Å²) in [5.41, 5.74) is 8.03. The van der Waals surface area contributed by atoms with Crippen LogP contribution in [0.2, 0.25) is 0 Å². The van der Waals surface area contributed by atoms with Gasteiger partial charge in [0.25, 0.3) is 0 Å². The Labute approximate surface area is 148 Å². The summed E-state index contributed by atoms with van der Waals surface area (Å²) in [6, 6.07) is 1.33. The average Bonchev–Trinajstić information content (AvgIpc) is 2.88. The Balaban J connectivity index is 1.65. The van der Waals surface area contributed by atoms with Gasteiger partial charge in [0.05, 0.1) is 12.1 Å². The normalized spacial score (nSPS) is 39.0. The van der Waals surface area contributed by atoms with Crippen molar-refractivity contribution in [1.29, 1.82) is 0 Å². The molecule has 140 valence electrons. The molecule has 0 aromatic carbocycles. The van der Waals surface area contributed by atoms with Crippen molar-refractivity contribution < 1.29 is 5.11 Å². The number of hydrogen-bond acceptors (Lipinski definition) is 4. The van der Waals surface area contributed by atoms with E-state index in [0.29, 0.717) is 28.8 Å². The molecule has 3 rings (SSSR count). The van der Waals surface area contributed by atoms with Crippen molar-refractivity contribution in [1.82, 2.24) is 16.0 Å². The highest BCUT2D eigenvalue weighted by Gasteiger charge is 2.44. The van der Waals surface area contributed by atoms with E-state index in [1.165, 1.54) is 32.1 Å². The first-order valence-corrected chi connectivity index (χ1v) is 10.2. The smallest absolute Gasteiger partial charge is 0.0724 e. The zero-order chi connectivity index (χ0) is 17.5. The molecule has 2 saturated carbocycles. The Morgan fingerprint density at radius 1 is 0.917 bits per heavy atom. The van der Waals surface area contributed by atoms with Gasteiger partial charge in [0.2, 0.25) is 0 Å². The van der Waals surface area contributed by atoms with Gasteiger partial charge in [-0.2, -0.15) is 5.12 Å². The van der Waals surface area contributed by atoms with E-state index in [1.54, 1.807) is 0 Å². The second-order valence-electron chi connectivity index (χ2n) is 10.5. The van der Waals surface area contributed by atoms with Gasteiger partial charge >= 0.3 is 0 Å². The van der Waals surface area contributed by atoms with Gasteiger partial charge in [0.15, 0.2) is 0 Å². The first-order chi connectivity index (χ1) is 11.2. The van der Waals surface area contributed by atoms with E-state index in [9.17, 15) is 5.11 Å². The molecule has 0 spiro atoms. The van der Waals surface area contributed by atoms with E-state index in [4.69, 9.17) is 0 Å². The van der Waals surface area contributed by atoms with Crippen molar-refractivity contribution >= 4 is 0 Å². The number of nitrogens with zero attached hydrogens (tertiary/aromatic N) is 1. The minimum Gasteiger partial charge on any atom is -0.391 e. The van der Waals surface area contributed by atoms with E-state index >= 15 is 0 Å². The first kappa shape index (κ1) is 18.6. The summed E-state index contributed by atoms with van der Waals surface area (Å²) in [6.07, 6.45) is 9.37. The van der Waals surface area contributed by atoms with Crippen LogP contribution in [-0.2, 0) is 0 Å². The average molecular weight is 338 g/mol. The van der Waals surface area contributed by atoms with Crippen LogP contribution in [0.3, 0.4) is 0 Å². The summed E-state index contributed by atoms with van der Waals surface area (Å²) in [7, 11) is 0. The Morgan fingerprint density at radius 2 is 1.50 bits per heavy atom. The molecule has 3 aliphatic rings. The van der Waals surface area contributed by atoms with Crippen molar-refractivity contribution in [2.75, 3.05) is 0 Å². The molecule has 3 N–H and O–H groups in total. The minimum absolute atomic E-state index is 0.202. The van der Waals surface area contributed by atoms with Crippen LogP contribution in [0, 0.1) is 16.7 Å². The maximum Gasteiger partial charge on any atom is 0.0724 e. The molecule has 0 amide bonds. The van der Waals surface area contributed by atoms with E-state index in [2.05, 4.69) is 50.6 Å². The van der Waals surface area contributed by atoms with Gasteiger partial charge in [-0.25, -0.2) is 10.9 Å². The fourth-order valence-corrected chi connectivity index (χ4v) is 5.66. The molecule has 5 unspecified atom stereocenters. The first-order valence-electron chi connectivity index (χ1n) is 10.2. The van der Waals surface area contributed by atoms with Crippen LogP contribution in [0.1, 0.15) is 86.0 Å². The predicted octanol–water partition coefficient (Wildman–Crippen LogP) is 3.61. The van der Waals surface area contributed by atoms with E-state index in [-0.39, 0.29) is 12.1 Å². The van der Waals surface area contributed by atoms with Gasteiger partial charge in [-0.1, -0.05) is 47.5 Å². The molecule has 1 saturated heterocycles. The zero-order valence-corrected chi connectivity index (χ0v) is 16.4. The van der Waals surface area contributed by atoms with Gasteiger partial charge in [0.1, 0.15) is 0 Å². The topological polar surface area (TPSA) is 47.5 Å². The molecule has 4 heteroatoms. The van der Waals surface area contributed by atoms with Crippen LogP contribution in [0.25, 0.3) is 0 Å². The molecular weight excluding hydrogens is 298 g/mol. The summed E-state index contributed by atoms with van der Waals surface area (Å²) in [5.74, 6) is 0.677. The van der Waals surface area contributed by atoms with Crippen LogP contribution in [-0.4, -0.2) is 34.5 Å². The van der Waals surface area contributed by atoms with Crippen molar-refractivity contribution in [2.24, 2.45) is 16.7 Å². The number of hydrogen-bond donors (Lipinski definition) is 3. The lowest BCUT2D eigenvalue weighted by Crippen LogP contribution is -2.56. The number of hydrazine groups is 2. The fourth-order valence-electron chi connectivity index (χ4n) is 5.66. The number of aliphatic hydroxyl groups is 1. The number of rotatable bonds is 3. The van der Waals surface area contributed by atoms with Crippen LogP contribution >= 0.6 is 0 Å². The number of fused-ring (bicyclic) bond motifs is 1. The van der Waals surface area contributed by atoms with Crippen molar-refractivity contribution in [2.45, 2.75) is 110 Å². The van der Waals surface area contributed by atoms with Crippen LogP contribution in [0.5, 0.6) is 0 Å². The predicted molar refractivity (Wildman–Crippen MR) is 99.1 cm³/mol. The third-order valence-corrected chi connectivity index (χ3v) is 6.58. The number of nitrogens with one attached hydrogen (secondary N) is 2. The third-order valence-electron chi connectivity index (χ3n) is 6.58. The molecule has 24 heavy (non-hydrogen) atoms. The molecule has 1 aliphatic heterocycles. The summed E-state index contributed by atoms with van der Waals surface area (Å²) in [4.78, 5) is 0. The van der Waals surface area contributed by atoms with Crippen LogP contribution in [0.15, 0.2) is 0 Å². The molecule has 5 atom stereocenters. The highest BCUT2D eigenvalue weighted by Crippen LogP contribution is 2.46.